The number of methoxy groups -OCH3 is 1. The van der Waals surface area contributed by atoms with Crippen LogP contribution in [0, 0.1) is 6.92 Å². The maximum absolute atomic E-state index is 13.1. The summed E-state index contributed by atoms with van der Waals surface area (Å²) in [6, 6.07) is 28.0. The fourth-order valence-electron chi connectivity index (χ4n) is 4.09. The van der Waals surface area contributed by atoms with Crippen molar-refractivity contribution in [2.24, 2.45) is 0 Å². The van der Waals surface area contributed by atoms with Crippen LogP contribution >= 0.6 is 0 Å². The smallest absolute Gasteiger partial charge is 0.329 e. The van der Waals surface area contributed by atoms with Crippen LogP contribution < -0.4 is 25.4 Å². The van der Waals surface area contributed by atoms with Gasteiger partial charge in [0.05, 0.1) is 24.1 Å². The Morgan fingerprint density at radius 3 is 1.68 bits per heavy atom. The SMILES string of the molecule is COc1ccc(NC(=O)N[C@@H](c2ccccc2)[C@H](NC(=O)NS(=O)(=O)c2ccc(C)cc2)c2ccccc2)cc1. The Labute approximate surface area is 233 Å². The van der Waals surface area contributed by atoms with E-state index in [-0.39, 0.29) is 4.90 Å². The van der Waals surface area contributed by atoms with Crippen molar-refractivity contribution in [3.05, 3.63) is 126 Å². The lowest BCUT2D eigenvalue weighted by molar-refractivity contribution is 0.232. The van der Waals surface area contributed by atoms with Crippen molar-refractivity contribution in [2.75, 3.05) is 12.4 Å². The van der Waals surface area contributed by atoms with Crippen molar-refractivity contribution in [3.8, 4) is 5.75 Å². The molecule has 0 heterocycles. The molecular formula is C30H30N4O5S. The average molecular weight is 559 g/mol. The Kier molecular flexibility index (Phi) is 9.03. The van der Waals surface area contributed by atoms with Gasteiger partial charge in [-0.1, -0.05) is 78.4 Å². The molecule has 9 nitrogen and oxygen atoms in total. The molecule has 4 aromatic rings. The highest BCUT2D eigenvalue weighted by Gasteiger charge is 2.29. The maximum atomic E-state index is 13.1. The second-order valence-corrected chi connectivity index (χ2v) is 10.7. The third kappa shape index (κ3) is 7.39. The van der Waals surface area contributed by atoms with E-state index in [1.807, 2.05) is 43.3 Å². The van der Waals surface area contributed by atoms with Crippen LogP contribution in [0.4, 0.5) is 15.3 Å². The summed E-state index contributed by atoms with van der Waals surface area (Å²) in [5.41, 5.74) is 2.78. The molecule has 0 aliphatic rings. The lowest BCUT2D eigenvalue weighted by Gasteiger charge is -2.30. The van der Waals surface area contributed by atoms with E-state index in [9.17, 15) is 18.0 Å². The van der Waals surface area contributed by atoms with Crippen LogP contribution in [-0.2, 0) is 10.0 Å². The molecule has 206 valence electrons. The average Bonchev–Trinajstić information content (AvgIpc) is 2.96. The first-order chi connectivity index (χ1) is 19.2. The predicted octanol–water partition coefficient (Wildman–Crippen LogP) is 5.30. The van der Waals surface area contributed by atoms with E-state index in [0.717, 1.165) is 5.56 Å². The van der Waals surface area contributed by atoms with Gasteiger partial charge in [-0.3, -0.25) is 0 Å². The first kappa shape index (κ1) is 28.2. The number of aryl methyl sites for hydroxylation is 1. The number of anilines is 1. The highest BCUT2D eigenvalue weighted by molar-refractivity contribution is 7.90. The van der Waals surface area contributed by atoms with E-state index in [1.54, 1.807) is 67.8 Å². The monoisotopic (exact) mass is 558 g/mol. The molecule has 0 aromatic heterocycles. The Bertz CT molecular complexity index is 1530. The summed E-state index contributed by atoms with van der Waals surface area (Å²) >= 11 is 0. The number of hydrogen-bond acceptors (Lipinski definition) is 5. The van der Waals surface area contributed by atoms with Crippen LogP contribution in [0.5, 0.6) is 5.75 Å². The zero-order chi connectivity index (χ0) is 28.5. The van der Waals surface area contributed by atoms with Crippen molar-refractivity contribution >= 4 is 27.8 Å². The number of nitrogens with one attached hydrogen (secondary N) is 4. The first-order valence-corrected chi connectivity index (χ1v) is 13.9. The van der Waals surface area contributed by atoms with E-state index in [0.29, 0.717) is 22.6 Å². The minimum Gasteiger partial charge on any atom is -0.497 e. The molecule has 4 aromatic carbocycles. The quantitative estimate of drug-likeness (QED) is 0.222. The fourth-order valence-corrected chi connectivity index (χ4v) is 5.01. The molecule has 4 N–H and O–H groups in total. The normalized spacial score (nSPS) is 12.4. The summed E-state index contributed by atoms with van der Waals surface area (Å²) in [7, 11) is -2.58. The van der Waals surface area contributed by atoms with Gasteiger partial charge in [-0.2, -0.15) is 0 Å². The van der Waals surface area contributed by atoms with Crippen molar-refractivity contribution in [1.29, 1.82) is 0 Å². The van der Waals surface area contributed by atoms with Gasteiger partial charge in [-0.05, 0) is 54.4 Å². The zero-order valence-corrected chi connectivity index (χ0v) is 22.8. The molecular weight excluding hydrogens is 528 g/mol. The summed E-state index contributed by atoms with van der Waals surface area (Å²) in [6.07, 6.45) is 0. The summed E-state index contributed by atoms with van der Waals surface area (Å²) < 4.78 is 33.0. The van der Waals surface area contributed by atoms with Crippen LogP contribution in [0.2, 0.25) is 0 Å². The molecule has 10 heteroatoms. The molecule has 0 spiro atoms. The number of carbonyl (C=O) groups is 2. The van der Waals surface area contributed by atoms with Gasteiger partial charge >= 0.3 is 12.1 Å². The second-order valence-electron chi connectivity index (χ2n) is 9.00. The van der Waals surface area contributed by atoms with Crippen molar-refractivity contribution in [1.82, 2.24) is 15.4 Å². The van der Waals surface area contributed by atoms with Crippen LogP contribution in [0.3, 0.4) is 0 Å². The number of hydrogen-bond donors (Lipinski definition) is 4. The van der Waals surface area contributed by atoms with Crippen LogP contribution in [0.15, 0.2) is 114 Å². The Morgan fingerprint density at radius 2 is 1.18 bits per heavy atom. The third-order valence-corrected chi connectivity index (χ3v) is 7.48. The molecule has 0 saturated carbocycles. The Morgan fingerprint density at radius 1 is 0.675 bits per heavy atom. The van der Waals surface area contributed by atoms with Crippen molar-refractivity contribution in [3.63, 3.8) is 0 Å². The number of rotatable bonds is 9. The zero-order valence-electron chi connectivity index (χ0n) is 22.0. The van der Waals surface area contributed by atoms with Crippen LogP contribution in [-0.4, -0.2) is 27.6 Å². The van der Waals surface area contributed by atoms with Crippen LogP contribution in [0.1, 0.15) is 28.8 Å². The minimum absolute atomic E-state index is 0.0406. The molecule has 2 atom stereocenters. The molecule has 0 bridgehead atoms. The van der Waals surface area contributed by atoms with E-state index in [1.165, 1.54) is 12.1 Å². The fraction of sp³-hybridized carbons (Fsp3) is 0.133. The molecule has 0 aliphatic carbocycles. The molecule has 4 amide bonds. The van der Waals surface area contributed by atoms with Gasteiger partial charge < -0.3 is 20.7 Å². The van der Waals surface area contributed by atoms with Crippen molar-refractivity contribution < 1.29 is 22.7 Å². The molecule has 0 radical (unpaired) electrons. The highest BCUT2D eigenvalue weighted by atomic mass is 32.2. The summed E-state index contributed by atoms with van der Waals surface area (Å²) in [5.74, 6) is 0.646. The molecule has 0 fully saturated rings. The molecule has 0 aliphatic heterocycles. The second kappa shape index (κ2) is 12.8. The van der Waals surface area contributed by atoms with E-state index >= 15 is 0 Å². The third-order valence-electron chi connectivity index (χ3n) is 6.13. The lowest BCUT2D eigenvalue weighted by Crippen LogP contribution is -2.46. The lowest BCUT2D eigenvalue weighted by atomic mass is 9.93. The summed E-state index contributed by atoms with van der Waals surface area (Å²) in [4.78, 5) is 26.2. The van der Waals surface area contributed by atoms with Crippen LogP contribution in [0.25, 0.3) is 0 Å². The van der Waals surface area contributed by atoms with Gasteiger partial charge in [0.2, 0.25) is 0 Å². The molecule has 0 saturated heterocycles. The summed E-state index contributed by atoms with van der Waals surface area (Å²) in [6.45, 7) is 1.84. The van der Waals surface area contributed by atoms with Gasteiger partial charge in [0.15, 0.2) is 0 Å². The largest absolute Gasteiger partial charge is 0.497 e. The first-order valence-electron chi connectivity index (χ1n) is 12.5. The van der Waals surface area contributed by atoms with E-state index in [2.05, 4.69) is 20.7 Å². The number of benzene rings is 4. The van der Waals surface area contributed by atoms with E-state index < -0.39 is 34.2 Å². The van der Waals surface area contributed by atoms with Gasteiger partial charge in [-0.15, -0.1) is 0 Å². The summed E-state index contributed by atoms with van der Waals surface area (Å²) in [5, 5.41) is 8.49. The molecule has 40 heavy (non-hydrogen) atoms. The van der Waals surface area contributed by atoms with Gasteiger partial charge in [-0.25, -0.2) is 22.7 Å². The number of urea groups is 2. The number of carbonyl (C=O) groups excluding carboxylic acids is 2. The number of sulfonamides is 1. The topological polar surface area (TPSA) is 126 Å². The van der Waals surface area contributed by atoms with Crippen molar-refractivity contribution in [2.45, 2.75) is 23.9 Å². The molecule has 0 unspecified atom stereocenters. The van der Waals surface area contributed by atoms with E-state index in [4.69, 9.17) is 4.74 Å². The maximum Gasteiger partial charge on any atom is 0.329 e. The number of ether oxygens (including phenoxy) is 1. The van der Waals surface area contributed by atoms with Gasteiger partial charge in [0.25, 0.3) is 10.0 Å². The standard InChI is InChI=1S/C30H30N4O5S/c1-21-13-19-26(20-14-21)40(37,38)34-30(36)33-28(23-11-7-4-8-12-23)27(22-9-5-3-6-10-22)32-29(35)31-24-15-17-25(39-2)18-16-24/h3-20,27-28H,1-2H3,(H2,31,32,35)(H2,33,34,36)/t27-,28+/m0/s1. The predicted molar refractivity (Wildman–Crippen MR) is 154 cm³/mol. The Balaban J connectivity index is 1.61. The Hall–Kier alpha value is -4.83. The van der Waals surface area contributed by atoms with Gasteiger partial charge in [0, 0.05) is 5.69 Å². The number of amides is 4. The van der Waals surface area contributed by atoms with Gasteiger partial charge in [0.1, 0.15) is 5.75 Å². The minimum atomic E-state index is -4.14. The highest BCUT2D eigenvalue weighted by Crippen LogP contribution is 2.29. The molecule has 4 rings (SSSR count).